The summed E-state index contributed by atoms with van der Waals surface area (Å²) in [6, 6.07) is 11.1. The van der Waals surface area contributed by atoms with Gasteiger partial charge in [0, 0.05) is 27.6 Å². The Morgan fingerprint density at radius 2 is 2.00 bits per heavy atom. The molecule has 0 radical (unpaired) electrons. The lowest BCUT2D eigenvalue weighted by atomic mass is 10.0. The number of halogens is 1. The molecule has 1 aromatic heterocycles. The van der Waals surface area contributed by atoms with Crippen LogP contribution in [0.3, 0.4) is 0 Å². The lowest BCUT2D eigenvalue weighted by molar-refractivity contribution is 0.0527. The number of phenols is 1. The summed E-state index contributed by atoms with van der Waals surface area (Å²) in [6.07, 6.45) is 1.89. The molecule has 0 amide bonds. The largest absolute Gasteiger partial charge is 0.506 e. The van der Waals surface area contributed by atoms with Gasteiger partial charge in [0.25, 0.3) is 0 Å². The molecular weight excluding hydrogens is 508 g/mol. The first-order valence-corrected chi connectivity index (χ1v) is 12.7. The van der Waals surface area contributed by atoms with Gasteiger partial charge in [-0.05, 0) is 53.9 Å². The molecule has 1 fully saturated rings. The molecule has 8 nitrogen and oxygen atoms in total. The number of carbonyl (C=O) groups excluding carboxylic acids is 1. The highest BCUT2D eigenvalue weighted by Crippen LogP contribution is 2.46. The number of nitrogens with two attached hydrogens (primary N) is 2. The number of aromatic hydroxyl groups is 1. The van der Waals surface area contributed by atoms with Crippen LogP contribution < -0.4 is 11.5 Å². The Hall–Kier alpha value is -2.85. The molecule has 2 aromatic carbocycles. The number of hydrogen-bond acceptors (Lipinski definition) is 5. The zero-order valence-electron chi connectivity index (χ0n) is 18.1. The minimum atomic E-state index is -1.39. The van der Waals surface area contributed by atoms with E-state index in [4.69, 9.17) is 16.2 Å². The van der Waals surface area contributed by atoms with Crippen LogP contribution in [0.5, 0.6) is 5.75 Å². The van der Waals surface area contributed by atoms with E-state index >= 15 is 0 Å². The fraction of sp³-hybridized carbons (Fsp3) is 0.304. The maximum absolute atomic E-state index is 13.3. The van der Waals surface area contributed by atoms with Gasteiger partial charge in [0.2, 0.25) is 0 Å². The molecule has 174 valence electrons. The standard InChI is InChI=1S/C23H25BrN4O4S/c1-2-32-22(30)20-18(12-33(31)14-6-4-3-5-7-14)28(13-8-9-13)17-10-16(24)21(29)15(19(17)20)11-27-23(25)26/h3-7,10,13,29H,2,8-9,11-12H2,1H3,(H4,25,26,27). The summed E-state index contributed by atoms with van der Waals surface area (Å²) in [5, 5.41) is 11.4. The maximum Gasteiger partial charge on any atom is 0.340 e. The zero-order chi connectivity index (χ0) is 23.7. The van der Waals surface area contributed by atoms with E-state index in [0.29, 0.717) is 31.6 Å². The number of esters is 1. The first kappa shape index (κ1) is 23.3. The number of fused-ring (bicyclic) bond motifs is 1. The summed E-state index contributed by atoms with van der Waals surface area (Å²) < 4.78 is 21.2. The summed E-state index contributed by atoms with van der Waals surface area (Å²) >= 11 is 3.42. The van der Waals surface area contributed by atoms with Crippen molar-refractivity contribution in [3.8, 4) is 5.75 Å². The van der Waals surface area contributed by atoms with E-state index in [1.165, 1.54) is 0 Å². The van der Waals surface area contributed by atoms with Gasteiger partial charge in [-0.25, -0.2) is 9.79 Å². The van der Waals surface area contributed by atoms with Gasteiger partial charge >= 0.3 is 5.97 Å². The lowest BCUT2D eigenvalue weighted by Crippen LogP contribution is -2.22. The third-order valence-corrected chi connectivity index (χ3v) is 7.45. The molecule has 0 spiro atoms. The second kappa shape index (κ2) is 9.56. The van der Waals surface area contributed by atoms with Gasteiger partial charge in [-0.2, -0.15) is 0 Å². The van der Waals surface area contributed by atoms with E-state index in [1.807, 2.05) is 18.2 Å². The van der Waals surface area contributed by atoms with Crippen molar-refractivity contribution in [3.63, 3.8) is 0 Å². The van der Waals surface area contributed by atoms with Gasteiger partial charge in [0.05, 0.1) is 45.3 Å². The van der Waals surface area contributed by atoms with E-state index < -0.39 is 16.8 Å². The number of guanidine groups is 1. The molecule has 33 heavy (non-hydrogen) atoms. The SMILES string of the molecule is CCOC(=O)c1c(CS(=O)c2ccccc2)n(C2CC2)c2cc(Br)c(O)c(CN=C(N)N)c12. The van der Waals surface area contributed by atoms with Gasteiger partial charge in [-0.15, -0.1) is 0 Å². The average Bonchev–Trinajstić information content (AvgIpc) is 3.57. The summed E-state index contributed by atoms with van der Waals surface area (Å²) in [5.41, 5.74) is 13.1. The smallest absolute Gasteiger partial charge is 0.340 e. The minimum absolute atomic E-state index is 0.0214. The van der Waals surface area contributed by atoms with E-state index in [1.54, 1.807) is 25.1 Å². The van der Waals surface area contributed by atoms with E-state index in [9.17, 15) is 14.1 Å². The lowest BCUT2D eigenvalue weighted by Gasteiger charge is -2.11. The van der Waals surface area contributed by atoms with Crippen LogP contribution in [0, 0.1) is 0 Å². The van der Waals surface area contributed by atoms with Gasteiger partial charge < -0.3 is 25.9 Å². The molecule has 3 aromatic rings. The summed E-state index contributed by atoms with van der Waals surface area (Å²) in [7, 11) is -1.39. The van der Waals surface area contributed by atoms with E-state index in [2.05, 4.69) is 25.5 Å². The van der Waals surface area contributed by atoms with E-state index in [-0.39, 0.29) is 36.7 Å². The molecule has 1 unspecified atom stereocenters. The molecule has 1 saturated carbocycles. The van der Waals surface area contributed by atoms with Crippen LogP contribution in [0.2, 0.25) is 0 Å². The van der Waals surface area contributed by atoms with Crippen LogP contribution in [0.4, 0.5) is 0 Å². The number of benzene rings is 2. The summed E-state index contributed by atoms with van der Waals surface area (Å²) in [4.78, 5) is 18.0. The van der Waals surface area contributed by atoms with Gasteiger partial charge in [0.15, 0.2) is 5.96 Å². The molecule has 1 atom stereocenters. The summed E-state index contributed by atoms with van der Waals surface area (Å²) in [6.45, 7) is 1.89. The Labute approximate surface area is 202 Å². The minimum Gasteiger partial charge on any atom is -0.506 e. The van der Waals surface area contributed by atoms with Crippen molar-refractivity contribution in [2.75, 3.05) is 6.61 Å². The zero-order valence-corrected chi connectivity index (χ0v) is 20.5. The number of carbonyl (C=O) groups is 1. The predicted molar refractivity (Wildman–Crippen MR) is 132 cm³/mol. The molecule has 1 heterocycles. The quantitative estimate of drug-likeness (QED) is 0.230. The van der Waals surface area contributed by atoms with E-state index in [0.717, 1.165) is 18.4 Å². The van der Waals surface area contributed by atoms with Crippen molar-refractivity contribution in [1.82, 2.24) is 4.57 Å². The van der Waals surface area contributed by atoms with Gasteiger partial charge in [-0.3, -0.25) is 4.21 Å². The Morgan fingerprint density at radius 3 is 2.61 bits per heavy atom. The van der Waals surface area contributed by atoms with Crippen molar-refractivity contribution in [2.45, 2.75) is 43.0 Å². The molecule has 10 heteroatoms. The van der Waals surface area contributed by atoms with Crippen LogP contribution in [0.25, 0.3) is 10.9 Å². The molecule has 5 N–H and O–H groups in total. The predicted octanol–water partition coefficient (Wildman–Crippen LogP) is 3.70. The number of phenolic OH excluding ortho intramolecular Hbond substituents is 1. The van der Waals surface area contributed by atoms with Crippen molar-refractivity contribution in [3.05, 3.63) is 57.7 Å². The van der Waals surface area contributed by atoms with Crippen molar-refractivity contribution in [1.29, 1.82) is 0 Å². The van der Waals surface area contributed by atoms with Crippen LogP contribution in [-0.4, -0.2) is 32.4 Å². The van der Waals surface area contributed by atoms with Crippen LogP contribution in [-0.2, 0) is 27.8 Å². The topological polar surface area (TPSA) is 133 Å². The number of rotatable bonds is 8. The second-order valence-electron chi connectivity index (χ2n) is 7.77. The van der Waals surface area contributed by atoms with Crippen molar-refractivity contribution >= 4 is 49.6 Å². The molecule has 0 aliphatic heterocycles. The molecule has 0 saturated heterocycles. The highest BCUT2D eigenvalue weighted by molar-refractivity contribution is 9.10. The number of aliphatic imine (C=N–C) groups is 1. The third kappa shape index (κ3) is 4.63. The Kier molecular flexibility index (Phi) is 6.76. The maximum atomic E-state index is 13.3. The van der Waals surface area contributed by atoms with Crippen LogP contribution in [0.15, 0.2) is 50.8 Å². The normalized spacial score (nSPS) is 14.2. The Bertz CT molecular complexity index is 1260. The average molecular weight is 533 g/mol. The summed E-state index contributed by atoms with van der Waals surface area (Å²) in [5.74, 6) is -0.590. The fourth-order valence-corrected chi connectivity index (χ4v) is 5.59. The van der Waals surface area contributed by atoms with Crippen molar-refractivity contribution < 1.29 is 18.8 Å². The Balaban J connectivity index is 2.00. The van der Waals surface area contributed by atoms with Crippen LogP contribution in [0.1, 0.15) is 47.4 Å². The third-order valence-electron chi connectivity index (χ3n) is 5.51. The number of aromatic nitrogens is 1. The number of hydrogen-bond donors (Lipinski definition) is 3. The Morgan fingerprint density at radius 1 is 1.30 bits per heavy atom. The number of ether oxygens (including phenoxy) is 1. The number of nitrogens with zero attached hydrogens (tertiary/aromatic N) is 2. The van der Waals surface area contributed by atoms with Gasteiger partial charge in [-0.1, -0.05) is 18.2 Å². The molecule has 1 aliphatic carbocycles. The molecular formula is C23H25BrN4O4S. The molecule has 1 aliphatic rings. The van der Waals surface area contributed by atoms with Crippen LogP contribution >= 0.6 is 15.9 Å². The monoisotopic (exact) mass is 532 g/mol. The molecule has 4 rings (SSSR count). The van der Waals surface area contributed by atoms with Gasteiger partial charge in [0.1, 0.15) is 5.75 Å². The molecule has 0 bridgehead atoms. The highest BCUT2D eigenvalue weighted by Gasteiger charge is 2.35. The first-order chi connectivity index (χ1) is 15.8. The fourth-order valence-electron chi connectivity index (χ4n) is 3.98. The second-order valence-corrected chi connectivity index (χ2v) is 10.1. The van der Waals surface area contributed by atoms with Crippen molar-refractivity contribution in [2.24, 2.45) is 16.5 Å². The first-order valence-electron chi connectivity index (χ1n) is 10.6. The highest BCUT2D eigenvalue weighted by atomic mass is 79.9.